The van der Waals surface area contributed by atoms with Crippen molar-refractivity contribution in [2.24, 2.45) is 11.8 Å². The second kappa shape index (κ2) is 5.70. The number of hydrogen-bond donors (Lipinski definition) is 3. The third-order valence-corrected chi connectivity index (χ3v) is 2.65. The van der Waals surface area contributed by atoms with Crippen LogP contribution in [0.3, 0.4) is 0 Å². The van der Waals surface area contributed by atoms with E-state index < -0.39 is 0 Å². The minimum Gasteiger partial charge on any atom is -0.355 e. The van der Waals surface area contributed by atoms with Gasteiger partial charge in [-0.2, -0.15) is 0 Å². The van der Waals surface area contributed by atoms with E-state index in [0.29, 0.717) is 19.0 Å². The molecule has 0 radical (unpaired) electrons. The molecule has 0 saturated carbocycles. The Kier molecular flexibility index (Phi) is 4.55. The highest BCUT2D eigenvalue weighted by molar-refractivity contribution is 5.79. The Balaban J connectivity index is 2.15. The Morgan fingerprint density at radius 2 is 1.93 bits per heavy atom. The van der Waals surface area contributed by atoms with E-state index in [1.165, 1.54) is 6.92 Å². The summed E-state index contributed by atoms with van der Waals surface area (Å²) in [4.78, 5) is 22.2. The van der Waals surface area contributed by atoms with Gasteiger partial charge in [0.05, 0.1) is 5.92 Å². The highest BCUT2D eigenvalue weighted by Crippen LogP contribution is 2.15. The van der Waals surface area contributed by atoms with Crippen molar-refractivity contribution in [2.45, 2.75) is 13.8 Å². The van der Waals surface area contributed by atoms with Gasteiger partial charge in [0.1, 0.15) is 0 Å². The van der Waals surface area contributed by atoms with Crippen LogP contribution in [0, 0.1) is 11.8 Å². The minimum atomic E-state index is -0.0693. The van der Waals surface area contributed by atoms with Gasteiger partial charge in [-0.05, 0) is 12.5 Å². The number of hydrogen-bond acceptors (Lipinski definition) is 3. The lowest BCUT2D eigenvalue weighted by Crippen LogP contribution is -2.39. The average Bonchev–Trinajstić information content (AvgIpc) is 2.58. The lowest BCUT2D eigenvalue weighted by atomic mass is 9.97. The second-order valence-corrected chi connectivity index (χ2v) is 4.02. The second-order valence-electron chi connectivity index (χ2n) is 4.02. The van der Waals surface area contributed by atoms with E-state index in [9.17, 15) is 9.59 Å². The van der Waals surface area contributed by atoms with E-state index in [-0.39, 0.29) is 17.7 Å². The van der Waals surface area contributed by atoms with Crippen molar-refractivity contribution in [2.75, 3.05) is 26.2 Å². The summed E-state index contributed by atoms with van der Waals surface area (Å²) < 4.78 is 0. The summed E-state index contributed by atoms with van der Waals surface area (Å²) in [7, 11) is 0. The van der Waals surface area contributed by atoms with Crippen LogP contribution in [0.25, 0.3) is 0 Å². The number of rotatable bonds is 4. The lowest BCUT2D eigenvalue weighted by molar-refractivity contribution is -0.125. The van der Waals surface area contributed by atoms with Crippen LogP contribution in [0.15, 0.2) is 0 Å². The Bertz CT molecular complexity index is 243. The van der Waals surface area contributed by atoms with E-state index in [1.54, 1.807) is 0 Å². The van der Waals surface area contributed by atoms with Gasteiger partial charge in [0.15, 0.2) is 0 Å². The van der Waals surface area contributed by atoms with Gasteiger partial charge in [-0.15, -0.1) is 0 Å². The number of carbonyl (C=O) groups is 2. The molecule has 2 amide bonds. The predicted molar refractivity (Wildman–Crippen MR) is 57.2 cm³/mol. The van der Waals surface area contributed by atoms with Crippen LogP contribution in [-0.2, 0) is 9.59 Å². The molecule has 3 N–H and O–H groups in total. The largest absolute Gasteiger partial charge is 0.355 e. The smallest absolute Gasteiger partial charge is 0.224 e. The van der Waals surface area contributed by atoms with Gasteiger partial charge in [0.2, 0.25) is 11.8 Å². The molecule has 1 fully saturated rings. The Labute approximate surface area is 90.0 Å². The molecule has 2 atom stereocenters. The van der Waals surface area contributed by atoms with Crippen LogP contribution in [0.5, 0.6) is 0 Å². The molecular formula is C10H19N3O2. The zero-order valence-electron chi connectivity index (χ0n) is 9.30. The molecule has 5 heteroatoms. The first-order valence-electron chi connectivity index (χ1n) is 5.34. The van der Waals surface area contributed by atoms with Crippen molar-refractivity contribution in [3.8, 4) is 0 Å². The van der Waals surface area contributed by atoms with Gasteiger partial charge in [-0.25, -0.2) is 0 Å². The molecule has 86 valence electrons. The van der Waals surface area contributed by atoms with Crippen molar-refractivity contribution in [1.82, 2.24) is 16.0 Å². The van der Waals surface area contributed by atoms with Gasteiger partial charge in [0, 0.05) is 26.6 Å². The van der Waals surface area contributed by atoms with Crippen molar-refractivity contribution in [3.05, 3.63) is 0 Å². The fourth-order valence-corrected chi connectivity index (χ4v) is 1.72. The summed E-state index contributed by atoms with van der Waals surface area (Å²) in [6.07, 6.45) is 0. The summed E-state index contributed by atoms with van der Waals surface area (Å²) in [5, 5.41) is 8.63. The van der Waals surface area contributed by atoms with Crippen LogP contribution in [0.1, 0.15) is 13.8 Å². The zero-order chi connectivity index (χ0) is 11.3. The molecule has 0 aromatic rings. The van der Waals surface area contributed by atoms with Gasteiger partial charge >= 0.3 is 0 Å². The molecule has 5 nitrogen and oxygen atoms in total. The van der Waals surface area contributed by atoms with Crippen LogP contribution in [-0.4, -0.2) is 38.0 Å². The number of carbonyl (C=O) groups excluding carboxylic acids is 2. The van der Waals surface area contributed by atoms with Gasteiger partial charge in [-0.3, -0.25) is 9.59 Å². The molecule has 1 saturated heterocycles. The van der Waals surface area contributed by atoms with Gasteiger partial charge < -0.3 is 16.0 Å². The maximum atomic E-state index is 11.6. The first-order chi connectivity index (χ1) is 7.11. The Morgan fingerprint density at radius 1 is 1.27 bits per heavy atom. The third kappa shape index (κ3) is 3.87. The molecule has 0 aromatic carbocycles. The maximum absolute atomic E-state index is 11.6. The highest BCUT2D eigenvalue weighted by atomic mass is 16.2. The van der Waals surface area contributed by atoms with E-state index in [1.807, 2.05) is 0 Å². The van der Waals surface area contributed by atoms with Crippen molar-refractivity contribution >= 4 is 11.8 Å². The molecule has 15 heavy (non-hydrogen) atoms. The lowest BCUT2D eigenvalue weighted by Gasteiger charge is -2.14. The molecule has 0 aliphatic carbocycles. The van der Waals surface area contributed by atoms with E-state index in [0.717, 1.165) is 13.1 Å². The first-order valence-corrected chi connectivity index (χ1v) is 5.34. The SMILES string of the molecule is CC(=O)NCCNC(=O)C1CNCC1C. The fourth-order valence-electron chi connectivity index (χ4n) is 1.72. The minimum absolute atomic E-state index is 0.0693. The molecule has 2 unspecified atom stereocenters. The van der Waals surface area contributed by atoms with E-state index >= 15 is 0 Å². The van der Waals surface area contributed by atoms with Crippen molar-refractivity contribution in [3.63, 3.8) is 0 Å². The first kappa shape index (κ1) is 12.0. The molecule has 1 aliphatic heterocycles. The molecule has 0 spiro atoms. The Morgan fingerprint density at radius 3 is 2.47 bits per heavy atom. The normalized spacial score (nSPS) is 24.9. The summed E-state index contributed by atoms with van der Waals surface area (Å²) in [5.74, 6) is 0.478. The average molecular weight is 213 g/mol. The standard InChI is InChI=1S/C10H19N3O2/c1-7-5-11-6-9(7)10(15)13-4-3-12-8(2)14/h7,9,11H,3-6H2,1-2H3,(H,12,14)(H,13,15). The summed E-state index contributed by atoms with van der Waals surface area (Å²) in [6.45, 7) is 6.19. The molecular weight excluding hydrogens is 194 g/mol. The van der Waals surface area contributed by atoms with Gasteiger partial charge in [0.25, 0.3) is 0 Å². The fraction of sp³-hybridized carbons (Fsp3) is 0.800. The zero-order valence-corrected chi connectivity index (χ0v) is 9.30. The molecule has 1 heterocycles. The van der Waals surface area contributed by atoms with E-state index in [2.05, 4.69) is 22.9 Å². The molecule has 1 rings (SSSR count). The van der Waals surface area contributed by atoms with E-state index in [4.69, 9.17) is 0 Å². The summed E-state index contributed by atoms with van der Waals surface area (Å²) in [6, 6.07) is 0. The topological polar surface area (TPSA) is 70.2 Å². The summed E-state index contributed by atoms with van der Waals surface area (Å²) >= 11 is 0. The number of amides is 2. The van der Waals surface area contributed by atoms with Crippen molar-refractivity contribution < 1.29 is 9.59 Å². The van der Waals surface area contributed by atoms with Crippen LogP contribution >= 0.6 is 0 Å². The molecule has 0 aromatic heterocycles. The van der Waals surface area contributed by atoms with Crippen LogP contribution in [0.4, 0.5) is 0 Å². The predicted octanol–water partition coefficient (Wildman–Crippen LogP) is -0.906. The quantitative estimate of drug-likeness (QED) is 0.530. The van der Waals surface area contributed by atoms with Crippen LogP contribution < -0.4 is 16.0 Å². The van der Waals surface area contributed by atoms with Crippen molar-refractivity contribution in [1.29, 1.82) is 0 Å². The van der Waals surface area contributed by atoms with Gasteiger partial charge in [-0.1, -0.05) is 6.92 Å². The van der Waals surface area contributed by atoms with Crippen LogP contribution in [0.2, 0.25) is 0 Å². The molecule has 1 aliphatic rings. The monoisotopic (exact) mass is 213 g/mol. The Hall–Kier alpha value is -1.10. The third-order valence-electron chi connectivity index (χ3n) is 2.65. The maximum Gasteiger partial charge on any atom is 0.224 e. The summed E-state index contributed by atoms with van der Waals surface area (Å²) in [5.41, 5.74) is 0. The number of nitrogens with one attached hydrogen (secondary N) is 3. The molecule has 0 bridgehead atoms. The highest BCUT2D eigenvalue weighted by Gasteiger charge is 2.28.